The summed E-state index contributed by atoms with van der Waals surface area (Å²) in [6, 6.07) is 4.03. The molecule has 2 N–H and O–H groups in total. The van der Waals surface area contributed by atoms with E-state index in [0.717, 1.165) is 38.0 Å². The van der Waals surface area contributed by atoms with Crippen LogP contribution >= 0.6 is 0 Å². The number of hydrogen-bond donors (Lipinski definition) is 2. The van der Waals surface area contributed by atoms with Crippen molar-refractivity contribution in [1.29, 1.82) is 0 Å². The Kier molecular flexibility index (Phi) is 4.75. The Morgan fingerprint density at radius 3 is 2.72 bits per heavy atom. The third-order valence-corrected chi connectivity index (χ3v) is 5.69. The Labute approximate surface area is 181 Å². The molecule has 0 saturated carbocycles. The summed E-state index contributed by atoms with van der Waals surface area (Å²) in [5, 5.41) is 11.6. The average molecular weight is 442 g/mol. The number of rotatable bonds is 4. The fourth-order valence-corrected chi connectivity index (χ4v) is 4.01. The Morgan fingerprint density at radius 1 is 1.09 bits per heavy atom. The summed E-state index contributed by atoms with van der Waals surface area (Å²) in [5.41, 5.74) is 5.04. The van der Waals surface area contributed by atoms with Gasteiger partial charge in [-0.25, -0.2) is 4.98 Å². The molecule has 1 aliphatic rings. The van der Waals surface area contributed by atoms with Gasteiger partial charge in [0.05, 0.1) is 30.1 Å². The molecule has 0 atom stereocenters. The van der Waals surface area contributed by atoms with E-state index in [0.29, 0.717) is 18.9 Å². The zero-order valence-electron chi connectivity index (χ0n) is 17.5. The topological polar surface area (TPSA) is 87.6 Å². The predicted molar refractivity (Wildman–Crippen MR) is 113 cm³/mol. The summed E-state index contributed by atoms with van der Waals surface area (Å²) in [6.45, 7) is 5.37. The van der Waals surface area contributed by atoms with E-state index in [1.165, 1.54) is 0 Å². The van der Waals surface area contributed by atoms with E-state index in [2.05, 4.69) is 36.5 Å². The van der Waals surface area contributed by atoms with E-state index >= 15 is 0 Å². The SMILES string of the molecule is Cc1cc2c(NCc3cnc(N4CCn5c(nnc5C(F)(F)F)C4)cc3C)cncc2[nH]1. The number of aryl methyl sites for hydroxylation is 2. The van der Waals surface area contributed by atoms with Crippen LogP contribution in [0.2, 0.25) is 0 Å². The number of alkyl halides is 3. The van der Waals surface area contributed by atoms with Crippen molar-refractivity contribution >= 4 is 22.4 Å². The zero-order chi connectivity index (χ0) is 22.5. The van der Waals surface area contributed by atoms with Crippen molar-refractivity contribution < 1.29 is 13.2 Å². The van der Waals surface area contributed by atoms with Crippen LogP contribution in [0.3, 0.4) is 0 Å². The number of nitrogens with zero attached hydrogens (tertiary/aromatic N) is 6. The number of aromatic amines is 1. The molecule has 8 nitrogen and oxygen atoms in total. The molecule has 0 spiro atoms. The van der Waals surface area contributed by atoms with Crippen LogP contribution in [0, 0.1) is 13.8 Å². The second-order valence-electron chi connectivity index (χ2n) is 7.93. The maximum atomic E-state index is 13.0. The number of halogens is 3. The van der Waals surface area contributed by atoms with Crippen LogP contribution in [0.1, 0.15) is 28.5 Å². The van der Waals surface area contributed by atoms with Crippen LogP contribution < -0.4 is 10.2 Å². The van der Waals surface area contributed by atoms with E-state index in [4.69, 9.17) is 0 Å². The molecular weight excluding hydrogens is 421 g/mol. The number of pyridine rings is 2. The lowest BCUT2D eigenvalue weighted by atomic mass is 10.1. The molecule has 0 fully saturated rings. The molecule has 11 heteroatoms. The highest BCUT2D eigenvalue weighted by Gasteiger charge is 2.39. The molecule has 5 rings (SSSR count). The molecular formula is C21H21F3N8. The fourth-order valence-electron chi connectivity index (χ4n) is 4.01. The van der Waals surface area contributed by atoms with Gasteiger partial charge >= 0.3 is 6.18 Å². The van der Waals surface area contributed by atoms with Crippen molar-refractivity contribution in [3.63, 3.8) is 0 Å². The van der Waals surface area contributed by atoms with Gasteiger partial charge in [0.2, 0.25) is 5.82 Å². The number of fused-ring (bicyclic) bond motifs is 2. The maximum Gasteiger partial charge on any atom is 0.451 e. The van der Waals surface area contributed by atoms with E-state index in [1.54, 1.807) is 18.6 Å². The molecule has 0 radical (unpaired) electrons. The van der Waals surface area contributed by atoms with E-state index in [1.807, 2.05) is 24.8 Å². The molecule has 5 heterocycles. The average Bonchev–Trinajstić information content (AvgIpc) is 3.35. The van der Waals surface area contributed by atoms with Crippen molar-refractivity contribution in [1.82, 2.24) is 29.7 Å². The summed E-state index contributed by atoms with van der Waals surface area (Å²) in [7, 11) is 0. The third kappa shape index (κ3) is 3.63. The van der Waals surface area contributed by atoms with Gasteiger partial charge in [-0.1, -0.05) is 0 Å². The first-order valence-electron chi connectivity index (χ1n) is 10.2. The monoisotopic (exact) mass is 442 g/mol. The maximum absolute atomic E-state index is 13.0. The van der Waals surface area contributed by atoms with Gasteiger partial charge in [-0.15, -0.1) is 10.2 Å². The minimum atomic E-state index is -4.50. The summed E-state index contributed by atoms with van der Waals surface area (Å²) < 4.78 is 40.3. The first-order chi connectivity index (χ1) is 15.3. The molecule has 0 unspecified atom stereocenters. The number of aromatic nitrogens is 6. The van der Waals surface area contributed by atoms with Crippen molar-refractivity contribution in [2.24, 2.45) is 0 Å². The predicted octanol–water partition coefficient (Wildman–Crippen LogP) is 3.82. The van der Waals surface area contributed by atoms with Crippen molar-refractivity contribution in [3.05, 3.63) is 59.2 Å². The normalized spacial score (nSPS) is 14.1. The summed E-state index contributed by atoms with van der Waals surface area (Å²) in [4.78, 5) is 14.0. The summed E-state index contributed by atoms with van der Waals surface area (Å²) >= 11 is 0. The number of nitrogens with one attached hydrogen (secondary N) is 2. The van der Waals surface area contributed by atoms with Crippen LogP contribution in [0.15, 0.2) is 30.7 Å². The fraction of sp³-hybridized carbons (Fsp3) is 0.333. The number of hydrogen-bond acceptors (Lipinski definition) is 6. The molecule has 32 heavy (non-hydrogen) atoms. The van der Waals surface area contributed by atoms with Crippen LogP contribution in [-0.2, 0) is 25.8 Å². The highest BCUT2D eigenvalue weighted by atomic mass is 19.4. The summed E-state index contributed by atoms with van der Waals surface area (Å²) in [5.74, 6) is 0.0510. The molecule has 0 saturated heterocycles. The Hall–Kier alpha value is -3.63. The van der Waals surface area contributed by atoms with E-state index in [-0.39, 0.29) is 18.9 Å². The lowest BCUT2D eigenvalue weighted by molar-refractivity contribution is -0.147. The van der Waals surface area contributed by atoms with Gasteiger partial charge in [0.1, 0.15) is 5.82 Å². The lowest BCUT2D eigenvalue weighted by Gasteiger charge is -2.29. The molecule has 0 bridgehead atoms. The molecule has 1 aliphatic heterocycles. The van der Waals surface area contributed by atoms with Gasteiger partial charge in [0.15, 0.2) is 5.82 Å². The first kappa shape index (κ1) is 20.3. The molecule has 0 amide bonds. The molecule has 4 aromatic rings. The van der Waals surface area contributed by atoms with Gasteiger partial charge in [0, 0.05) is 36.9 Å². The van der Waals surface area contributed by atoms with Gasteiger partial charge in [-0.3, -0.25) is 4.98 Å². The van der Waals surface area contributed by atoms with Crippen LogP contribution in [-0.4, -0.2) is 36.3 Å². The Bertz CT molecular complexity index is 1290. The second-order valence-corrected chi connectivity index (χ2v) is 7.93. The standard InChI is InChI=1S/C21H21F3N8/c1-12-5-18(31-3-4-32-19(11-31)29-30-20(32)21(22,23)24)27-8-14(12)7-26-16-9-25-10-17-15(16)6-13(2)28-17/h5-6,8-10,26,28H,3-4,7,11H2,1-2H3. The molecule has 0 aliphatic carbocycles. The molecule has 4 aromatic heterocycles. The van der Waals surface area contributed by atoms with E-state index < -0.39 is 12.0 Å². The van der Waals surface area contributed by atoms with Gasteiger partial charge < -0.3 is 19.8 Å². The van der Waals surface area contributed by atoms with Crippen molar-refractivity contribution in [2.75, 3.05) is 16.8 Å². The number of anilines is 2. The van der Waals surface area contributed by atoms with Crippen LogP contribution in [0.25, 0.3) is 10.9 Å². The minimum absolute atomic E-state index is 0.161. The Balaban J connectivity index is 1.31. The van der Waals surface area contributed by atoms with Gasteiger partial charge in [-0.2, -0.15) is 13.2 Å². The largest absolute Gasteiger partial charge is 0.451 e. The third-order valence-electron chi connectivity index (χ3n) is 5.69. The Morgan fingerprint density at radius 2 is 1.94 bits per heavy atom. The highest BCUT2D eigenvalue weighted by molar-refractivity contribution is 5.91. The smallest absolute Gasteiger partial charge is 0.379 e. The van der Waals surface area contributed by atoms with Gasteiger partial charge in [0.25, 0.3) is 0 Å². The highest BCUT2D eigenvalue weighted by Crippen LogP contribution is 2.30. The van der Waals surface area contributed by atoms with Crippen molar-refractivity contribution in [2.45, 2.75) is 39.7 Å². The van der Waals surface area contributed by atoms with Crippen LogP contribution in [0.5, 0.6) is 0 Å². The quantitative estimate of drug-likeness (QED) is 0.500. The summed E-state index contributed by atoms with van der Waals surface area (Å²) in [6.07, 6.45) is 0.891. The minimum Gasteiger partial charge on any atom is -0.379 e. The van der Waals surface area contributed by atoms with Crippen LogP contribution in [0.4, 0.5) is 24.7 Å². The molecule has 0 aromatic carbocycles. The first-order valence-corrected chi connectivity index (χ1v) is 10.2. The zero-order valence-corrected chi connectivity index (χ0v) is 17.5. The van der Waals surface area contributed by atoms with E-state index in [9.17, 15) is 13.2 Å². The second kappa shape index (κ2) is 7.50. The number of H-pyrrole nitrogens is 1. The van der Waals surface area contributed by atoms with Crippen molar-refractivity contribution in [3.8, 4) is 0 Å². The molecule has 166 valence electrons. The van der Waals surface area contributed by atoms with Gasteiger partial charge in [-0.05, 0) is 37.1 Å². The lowest BCUT2D eigenvalue weighted by Crippen LogP contribution is -2.35.